The molecule has 1 fully saturated rings. The number of carbonyl (C=O) groups is 2. The second-order valence-electron chi connectivity index (χ2n) is 8.21. The number of halogens is 2. The molecule has 8 nitrogen and oxygen atoms in total. The molecule has 0 aliphatic carbocycles. The Balaban J connectivity index is 1.53. The summed E-state index contributed by atoms with van der Waals surface area (Å²) in [6, 6.07) is 6.17. The number of nitrogens with one attached hydrogen (secondary N) is 1. The van der Waals surface area contributed by atoms with Gasteiger partial charge in [0.25, 0.3) is 5.91 Å². The minimum atomic E-state index is -0.590. The van der Waals surface area contributed by atoms with E-state index in [4.69, 9.17) is 26.8 Å². The lowest BCUT2D eigenvalue weighted by atomic mass is 10.00. The van der Waals surface area contributed by atoms with E-state index in [1.54, 1.807) is 7.11 Å². The number of rotatable bonds is 9. The first-order valence-electron chi connectivity index (χ1n) is 10.9. The number of hydrogen-bond donors (Lipinski definition) is 3. The van der Waals surface area contributed by atoms with Crippen LogP contribution in [0.4, 0.5) is 10.1 Å². The van der Waals surface area contributed by atoms with Gasteiger partial charge in [-0.25, -0.2) is 4.39 Å². The molecule has 1 amide bonds. The van der Waals surface area contributed by atoms with E-state index >= 15 is 0 Å². The zero-order valence-electron chi connectivity index (χ0n) is 19.1. The average Bonchev–Trinajstić information content (AvgIpc) is 2.81. The number of nitrogens with zero attached hydrogens (tertiary/aromatic N) is 1. The largest absolute Gasteiger partial charge is 0.507 e. The summed E-state index contributed by atoms with van der Waals surface area (Å²) in [5.41, 5.74) is 6.54. The molecule has 0 spiro atoms. The maximum absolute atomic E-state index is 13.1. The predicted octanol–water partition coefficient (Wildman–Crippen LogP) is 3.26. The van der Waals surface area contributed by atoms with Crippen molar-refractivity contribution < 1.29 is 28.6 Å². The topological polar surface area (TPSA) is 114 Å². The normalized spacial score (nSPS) is 18.5. The Bertz CT molecular complexity index is 1050. The van der Waals surface area contributed by atoms with Gasteiger partial charge in [-0.05, 0) is 37.6 Å². The van der Waals surface area contributed by atoms with Crippen molar-refractivity contribution in [2.75, 3.05) is 39.6 Å². The van der Waals surface area contributed by atoms with Crippen LogP contribution in [0.1, 0.15) is 40.0 Å². The third kappa shape index (κ3) is 6.16. The summed E-state index contributed by atoms with van der Waals surface area (Å²) in [6.07, 6.45) is 1.21. The molecule has 0 saturated carbocycles. The van der Waals surface area contributed by atoms with Gasteiger partial charge >= 0.3 is 0 Å². The molecule has 3 rings (SSSR count). The van der Waals surface area contributed by atoms with Crippen LogP contribution in [0.5, 0.6) is 11.5 Å². The van der Waals surface area contributed by atoms with Gasteiger partial charge in [-0.1, -0.05) is 11.6 Å². The number of piperidine rings is 1. The van der Waals surface area contributed by atoms with Crippen LogP contribution in [-0.2, 0) is 4.74 Å². The molecule has 34 heavy (non-hydrogen) atoms. The third-order valence-corrected chi connectivity index (χ3v) is 6.29. The Morgan fingerprint density at radius 1 is 1.26 bits per heavy atom. The number of amides is 1. The van der Waals surface area contributed by atoms with Crippen molar-refractivity contribution in [2.24, 2.45) is 0 Å². The standard InChI is InChI=1S/C24H29ClFN3O5/c1-33-22-12-18(27)17(25)11-16(22)24(32)28-19-7-9-29(13-23(19)34-2)8-3-4-20(30)15-6-5-14(26)10-21(15)31/h5-6,10-12,19,23,31H,3-4,7-9,13,27H2,1-2H3,(H,28,32). The van der Waals surface area contributed by atoms with Crippen LogP contribution in [0.15, 0.2) is 30.3 Å². The number of benzene rings is 2. The highest BCUT2D eigenvalue weighted by Gasteiger charge is 2.31. The van der Waals surface area contributed by atoms with Gasteiger partial charge in [-0.15, -0.1) is 0 Å². The first kappa shape index (κ1) is 25.7. The highest BCUT2D eigenvalue weighted by atomic mass is 35.5. The zero-order chi connectivity index (χ0) is 24.8. The molecule has 2 unspecified atom stereocenters. The number of nitrogens with two attached hydrogens (primary N) is 1. The summed E-state index contributed by atoms with van der Waals surface area (Å²) in [7, 11) is 3.05. The lowest BCUT2D eigenvalue weighted by Gasteiger charge is -2.38. The number of hydrogen-bond acceptors (Lipinski definition) is 7. The van der Waals surface area contributed by atoms with Crippen molar-refractivity contribution in [1.29, 1.82) is 0 Å². The number of carbonyl (C=O) groups excluding carboxylic acids is 2. The summed E-state index contributed by atoms with van der Waals surface area (Å²) in [5.74, 6) is -1.17. The summed E-state index contributed by atoms with van der Waals surface area (Å²) in [4.78, 5) is 27.4. The Hall–Kier alpha value is -2.88. The van der Waals surface area contributed by atoms with E-state index in [0.717, 1.165) is 12.1 Å². The Labute approximate surface area is 202 Å². The van der Waals surface area contributed by atoms with E-state index in [2.05, 4.69) is 10.2 Å². The summed E-state index contributed by atoms with van der Waals surface area (Å²) >= 11 is 6.08. The van der Waals surface area contributed by atoms with E-state index in [9.17, 15) is 19.1 Å². The number of methoxy groups -OCH3 is 2. The molecule has 0 bridgehead atoms. The number of anilines is 1. The SMILES string of the molecule is COc1cc(N)c(Cl)cc1C(=O)NC1CCN(CCCC(=O)c2ccc(F)cc2O)CC1OC. The maximum Gasteiger partial charge on any atom is 0.255 e. The Morgan fingerprint density at radius 2 is 2.03 bits per heavy atom. The van der Waals surface area contributed by atoms with Crippen molar-refractivity contribution in [2.45, 2.75) is 31.4 Å². The average molecular weight is 494 g/mol. The smallest absolute Gasteiger partial charge is 0.255 e. The molecular weight excluding hydrogens is 465 g/mol. The molecule has 4 N–H and O–H groups in total. The minimum Gasteiger partial charge on any atom is -0.507 e. The van der Waals surface area contributed by atoms with Gasteiger partial charge in [0.2, 0.25) is 0 Å². The van der Waals surface area contributed by atoms with Crippen LogP contribution in [-0.4, -0.2) is 67.7 Å². The van der Waals surface area contributed by atoms with E-state index in [-0.39, 0.29) is 46.6 Å². The molecule has 1 heterocycles. The second kappa shape index (κ2) is 11.5. The predicted molar refractivity (Wildman–Crippen MR) is 127 cm³/mol. The monoisotopic (exact) mass is 493 g/mol. The van der Waals surface area contributed by atoms with Crippen LogP contribution in [0.3, 0.4) is 0 Å². The van der Waals surface area contributed by atoms with Gasteiger partial charge in [-0.2, -0.15) is 0 Å². The Kier molecular flexibility index (Phi) is 8.71. The molecule has 1 saturated heterocycles. The summed E-state index contributed by atoms with van der Waals surface area (Å²) in [6.45, 7) is 1.94. The van der Waals surface area contributed by atoms with E-state index < -0.39 is 5.82 Å². The van der Waals surface area contributed by atoms with Gasteiger partial charge in [0.15, 0.2) is 5.78 Å². The van der Waals surface area contributed by atoms with Gasteiger partial charge in [0.05, 0.1) is 41.1 Å². The quantitative estimate of drug-likeness (QED) is 0.363. The van der Waals surface area contributed by atoms with E-state index in [1.807, 2.05) is 0 Å². The maximum atomic E-state index is 13.1. The molecule has 1 aliphatic heterocycles. The van der Waals surface area contributed by atoms with Gasteiger partial charge in [-0.3, -0.25) is 9.59 Å². The molecule has 184 valence electrons. The van der Waals surface area contributed by atoms with Crippen molar-refractivity contribution in [3.05, 3.63) is 52.3 Å². The van der Waals surface area contributed by atoms with Crippen molar-refractivity contribution in [3.63, 3.8) is 0 Å². The molecular formula is C24H29ClFN3O5. The van der Waals surface area contributed by atoms with E-state index in [0.29, 0.717) is 49.5 Å². The first-order chi connectivity index (χ1) is 16.2. The molecule has 10 heteroatoms. The fourth-order valence-corrected chi connectivity index (χ4v) is 4.25. The number of Topliss-reactive ketones (excluding diaryl/α,β-unsaturated/α-hetero) is 1. The minimum absolute atomic E-state index is 0.121. The molecule has 2 aromatic rings. The van der Waals surface area contributed by atoms with Crippen LogP contribution in [0.25, 0.3) is 0 Å². The fourth-order valence-electron chi connectivity index (χ4n) is 4.09. The van der Waals surface area contributed by atoms with Crippen LogP contribution >= 0.6 is 11.6 Å². The lowest BCUT2D eigenvalue weighted by molar-refractivity contribution is 0.00605. The number of phenols is 1. The Morgan fingerprint density at radius 3 is 2.71 bits per heavy atom. The van der Waals surface area contributed by atoms with Gasteiger partial charge < -0.3 is 30.5 Å². The molecule has 1 aliphatic rings. The molecule has 0 radical (unpaired) electrons. The number of aromatic hydroxyl groups is 1. The number of phenolic OH excluding ortho intramolecular Hbond substituents is 1. The summed E-state index contributed by atoms with van der Waals surface area (Å²) in [5, 5.41) is 13.1. The van der Waals surface area contributed by atoms with Gasteiger partial charge in [0, 0.05) is 38.8 Å². The number of ketones is 1. The summed E-state index contributed by atoms with van der Waals surface area (Å²) < 4.78 is 24.0. The van der Waals surface area contributed by atoms with Crippen LogP contribution in [0.2, 0.25) is 5.02 Å². The number of likely N-dealkylation sites (tertiary alicyclic amines) is 1. The molecule has 2 atom stereocenters. The van der Waals surface area contributed by atoms with E-state index in [1.165, 1.54) is 25.3 Å². The van der Waals surface area contributed by atoms with Crippen molar-refractivity contribution >= 4 is 29.0 Å². The van der Waals surface area contributed by atoms with Crippen LogP contribution in [0, 0.1) is 5.82 Å². The molecule has 0 aromatic heterocycles. The van der Waals surface area contributed by atoms with Crippen molar-refractivity contribution in [3.8, 4) is 11.5 Å². The third-order valence-electron chi connectivity index (χ3n) is 5.96. The first-order valence-corrected chi connectivity index (χ1v) is 11.3. The second-order valence-corrected chi connectivity index (χ2v) is 8.61. The lowest BCUT2D eigenvalue weighted by Crippen LogP contribution is -2.54. The zero-order valence-corrected chi connectivity index (χ0v) is 19.9. The number of nitrogen functional groups attached to an aromatic ring is 1. The highest BCUT2D eigenvalue weighted by Crippen LogP contribution is 2.29. The van der Waals surface area contributed by atoms with Crippen molar-refractivity contribution in [1.82, 2.24) is 10.2 Å². The highest BCUT2D eigenvalue weighted by molar-refractivity contribution is 6.33. The fraction of sp³-hybridized carbons (Fsp3) is 0.417. The van der Waals surface area contributed by atoms with Crippen LogP contribution < -0.4 is 15.8 Å². The molecule has 2 aromatic carbocycles. The number of ether oxygens (including phenoxy) is 2. The van der Waals surface area contributed by atoms with Gasteiger partial charge in [0.1, 0.15) is 17.3 Å².